The van der Waals surface area contributed by atoms with Crippen LogP contribution in [0.1, 0.15) is 43.4 Å². The maximum atomic E-state index is 5.35. The molecule has 4 nitrogen and oxygen atoms in total. The zero-order valence-corrected chi connectivity index (χ0v) is 22.4. The monoisotopic (exact) mass is 518 g/mol. The van der Waals surface area contributed by atoms with Gasteiger partial charge >= 0.3 is 0 Å². The summed E-state index contributed by atoms with van der Waals surface area (Å²) in [5, 5.41) is 0. The molecule has 1 spiro atoms. The molecule has 0 saturated heterocycles. The molecule has 0 unspecified atom stereocenters. The average Bonchev–Trinajstić information content (AvgIpc) is 3.30. The Hall–Kier alpha value is -4.18. The predicted molar refractivity (Wildman–Crippen MR) is 157 cm³/mol. The van der Waals surface area contributed by atoms with Crippen LogP contribution in [0, 0.1) is 23.7 Å². The van der Waals surface area contributed by atoms with Crippen molar-refractivity contribution >= 4 is 0 Å². The van der Waals surface area contributed by atoms with E-state index in [1.807, 2.05) is 42.6 Å². The van der Waals surface area contributed by atoms with Gasteiger partial charge in [-0.3, -0.25) is 4.98 Å². The van der Waals surface area contributed by atoms with Gasteiger partial charge in [-0.1, -0.05) is 84.9 Å². The van der Waals surface area contributed by atoms with Crippen molar-refractivity contribution in [2.75, 3.05) is 0 Å². The zero-order chi connectivity index (χ0) is 26.3. The Kier molecular flexibility index (Phi) is 4.75. The summed E-state index contributed by atoms with van der Waals surface area (Å²) in [5.41, 5.74) is 8.46. The Labute approximate surface area is 234 Å². The Balaban J connectivity index is 1.23. The minimum Gasteiger partial charge on any atom is -0.259 e. The first-order chi connectivity index (χ1) is 19.8. The molecule has 5 aliphatic rings. The molecule has 0 aliphatic heterocycles. The highest BCUT2D eigenvalue weighted by Gasteiger charge is 2.62. The largest absolute Gasteiger partial charge is 0.259 e. The quantitative estimate of drug-likeness (QED) is 0.243. The summed E-state index contributed by atoms with van der Waals surface area (Å²) >= 11 is 0. The summed E-state index contributed by atoms with van der Waals surface area (Å²) < 4.78 is 0. The second-order valence-corrected chi connectivity index (χ2v) is 12.4. The van der Waals surface area contributed by atoms with Crippen molar-refractivity contribution in [1.29, 1.82) is 0 Å². The molecule has 5 aliphatic carbocycles. The smallest absolute Gasteiger partial charge is 0.165 e. The van der Waals surface area contributed by atoms with Crippen LogP contribution >= 0.6 is 0 Å². The summed E-state index contributed by atoms with van der Waals surface area (Å²) in [5.74, 6) is 5.28. The first kappa shape index (κ1) is 22.6. The highest BCUT2D eigenvalue weighted by Crippen LogP contribution is 2.68. The average molecular weight is 519 g/mol. The van der Waals surface area contributed by atoms with E-state index in [4.69, 9.17) is 19.9 Å². The van der Waals surface area contributed by atoms with Crippen molar-refractivity contribution in [3.05, 3.63) is 108 Å². The third kappa shape index (κ3) is 3.13. The molecule has 5 aromatic rings. The number of aromatic nitrogens is 4. The van der Waals surface area contributed by atoms with Gasteiger partial charge in [-0.25, -0.2) is 15.0 Å². The van der Waals surface area contributed by atoms with Crippen molar-refractivity contribution in [2.24, 2.45) is 23.7 Å². The fourth-order valence-corrected chi connectivity index (χ4v) is 9.02. The van der Waals surface area contributed by atoms with Crippen LogP contribution < -0.4 is 0 Å². The van der Waals surface area contributed by atoms with Crippen LogP contribution in [-0.2, 0) is 5.41 Å². The van der Waals surface area contributed by atoms with E-state index in [0.29, 0.717) is 29.3 Å². The lowest BCUT2D eigenvalue weighted by Gasteiger charge is -2.60. The van der Waals surface area contributed by atoms with Gasteiger partial charge in [0, 0.05) is 33.9 Å². The number of rotatable bonds is 3. The Morgan fingerprint density at radius 2 is 1.05 bits per heavy atom. The summed E-state index contributed by atoms with van der Waals surface area (Å²) in [6, 6.07) is 31.8. The van der Waals surface area contributed by atoms with Crippen molar-refractivity contribution in [3.63, 3.8) is 0 Å². The van der Waals surface area contributed by atoms with E-state index >= 15 is 0 Å². The van der Waals surface area contributed by atoms with Crippen LogP contribution in [0.5, 0.6) is 0 Å². The van der Waals surface area contributed by atoms with E-state index < -0.39 is 0 Å². The van der Waals surface area contributed by atoms with Crippen LogP contribution in [0.25, 0.3) is 45.3 Å². The lowest BCUT2D eigenvalue weighted by Crippen LogP contribution is -2.55. The maximum Gasteiger partial charge on any atom is 0.165 e. The number of hydrogen-bond acceptors (Lipinski definition) is 4. The van der Waals surface area contributed by atoms with Gasteiger partial charge in [-0.2, -0.15) is 0 Å². The van der Waals surface area contributed by atoms with Crippen molar-refractivity contribution in [1.82, 2.24) is 19.9 Å². The molecule has 2 aromatic heterocycles. The molecule has 3 aromatic carbocycles. The molecule has 0 N–H and O–H groups in total. The molecule has 4 fully saturated rings. The van der Waals surface area contributed by atoms with Crippen molar-refractivity contribution in [3.8, 4) is 45.3 Å². The third-order valence-electron chi connectivity index (χ3n) is 10.3. The molecule has 2 heterocycles. The highest BCUT2D eigenvalue weighted by molar-refractivity contribution is 5.83. The minimum atomic E-state index is 0.0708. The van der Waals surface area contributed by atoms with E-state index in [2.05, 4.69) is 54.6 Å². The van der Waals surface area contributed by atoms with Crippen LogP contribution in [0.15, 0.2) is 97.2 Å². The molecule has 0 atom stereocenters. The molecule has 40 heavy (non-hydrogen) atoms. The summed E-state index contributed by atoms with van der Waals surface area (Å²) in [4.78, 5) is 20.2. The number of fused-ring (bicyclic) bond motifs is 3. The molecule has 0 radical (unpaired) electrons. The van der Waals surface area contributed by atoms with Gasteiger partial charge < -0.3 is 0 Å². The van der Waals surface area contributed by atoms with Gasteiger partial charge in [-0.05, 0) is 73.0 Å². The van der Waals surface area contributed by atoms with Crippen LogP contribution in [-0.4, -0.2) is 19.9 Å². The molecule has 10 rings (SSSR count). The number of hydrogen-bond donors (Lipinski definition) is 0. The molecular formula is C36H30N4. The zero-order valence-electron chi connectivity index (χ0n) is 22.4. The standard InChI is InChI=1S/C36H30N4/c1-3-9-24(10-4-1)33-38-34(25-11-5-2-6-12-25)40-35(39-33)26-20-30-29-13-7-8-14-31(29)36(32(30)37-21-26)27-16-22-15-23(18-27)19-28(36)17-22/h1-14,20-23,27-28H,15-19H2. The van der Waals surface area contributed by atoms with Crippen molar-refractivity contribution in [2.45, 2.75) is 37.5 Å². The maximum absolute atomic E-state index is 5.35. The number of pyridine rings is 1. The molecule has 194 valence electrons. The lowest BCUT2D eigenvalue weighted by molar-refractivity contribution is -0.0415. The van der Waals surface area contributed by atoms with E-state index in [9.17, 15) is 0 Å². The first-order valence-electron chi connectivity index (χ1n) is 14.7. The molecule has 0 amide bonds. The molecule has 4 saturated carbocycles. The normalized spacial score (nSPS) is 27.1. The second kappa shape index (κ2) is 8.41. The Morgan fingerprint density at radius 3 is 1.65 bits per heavy atom. The van der Waals surface area contributed by atoms with Gasteiger partial charge in [0.1, 0.15) is 0 Å². The van der Waals surface area contributed by atoms with Gasteiger partial charge in [-0.15, -0.1) is 0 Å². The molecule has 4 heteroatoms. The van der Waals surface area contributed by atoms with Crippen LogP contribution in [0.4, 0.5) is 0 Å². The number of nitrogens with zero attached hydrogens (tertiary/aromatic N) is 4. The van der Waals surface area contributed by atoms with Crippen molar-refractivity contribution < 1.29 is 0 Å². The van der Waals surface area contributed by atoms with Gasteiger partial charge in [0.15, 0.2) is 17.5 Å². The summed E-state index contributed by atoms with van der Waals surface area (Å²) in [7, 11) is 0. The predicted octanol–water partition coefficient (Wildman–Crippen LogP) is 7.99. The summed E-state index contributed by atoms with van der Waals surface area (Å²) in [6.45, 7) is 0. The second-order valence-electron chi connectivity index (χ2n) is 12.4. The Morgan fingerprint density at radius 1 is 0.525 bits per heavy atom. The fourth-order valence-electron chi connectivity index (χ4n) is 9.02. The first-order valence-corrected chi connectivity index (χ1v) is 14.7. The SMILES string of the molecule is c1ccc(-c2nc(-c3ccccc3)nc(-c3cnc4c(c3)-c3ccccc3C43C4CC5CC(C4)CC3C5)n2)cc1. The van der Waals surface area contributed by atoms with E-state index in [1.54, 1.807) is 0 Å². The Bertz CT molecular complexity index is 1680. The van der Waals surface area contributed by atoms with E-state index in [1.165, 1.54) is 54.5 Å². The fraction of sp³-hybridized carbons (Fsp3) is 0.278. The van der Waals surface area contributed by atoms with Gasteiger partial charge in [0.05, 0.1) is 5.69 Å². The molecule has 4 bridgehead atoms. The molecular weight excluding hydrogens is 488 g/mol. The minimum absolute atomic E-state index is 0.0708. The topological polar surface area (TPSA) is 51.6 Å². The highest BCUT2D eigenvalue weighted by atomic mass is 15.0. The lowest BCUT2D eigenvalue weighted by atomic mass is 9.43. The van der Waals surface area contributed by atoms with E-state index in [0.717, 1.165) is 28.5 Å². The van der Waals surface area contributed by atoms with Gasteiger partial charge in [0.25, 0.3) is 0 Å². The van der Waals surface area contributed by atoms with Crippen LogP contribution in [0.3, 0.4) is 0 Å². The number of benzene rings is 3. The third-order valence-corrected chi connectivity index (χ3v) is 10.3. The van der Waals surface area contributed by atoms with Crippen LogP contribution in [0.2, 0.25) is 0 Å². The van der Waals surface area contributed by atoms with E-state index in [-0.39, 0.29) is 5.41 Å². The summed E-state index contributed by atoms with van der Waals surface area (Å²) in [6.07, 6.45) is 8.93. The van der Waals surface area contributed by atoms with Gasteiger partial charge in [0.2, 0.25) is 0 Å².